The van der Waals surface area contributed by atoms with E-state index in [0.717, 1.165) is 50.6 Å². The van der Waals surface area contributed by atoms with E-state index in [0.29, 0.717) is 41.7 Å². The zero-order valence-corrected chi connectivity index (χ0v) is 24.3. The Kier molecular flexibility index (Phi) is 8.17. The number of alkyl carbamates (subject to hydrolysis) is 1. The van der Waals surface area contributed by atoms with Crippen LogP contribution in [0.3, 0.4) is 0 Å². The summed E-state index contributed by atoms with van der Waals surface area (Å²) in [6.45, 7) is 9.93. The molecule has 5 rings (SSSR count). The first-order valence-electron chi connectivity index (χ1n) is 14.7. The normalized spacial score (nSPS) is 20.3. The van der Waals surface area contributed by atoms with E-state index in [1.165, 1.54) is 0 Å². The van der Waals surface area contributed by atoms with E-state index < -0.39 is 29.6 Å². The van der Waals surface area contributed by atoms with Crippen LogP contribution in [0.4, 0.5) is 15.0 Å². The Labute approximate surface area is 235 Å². The number of carbonyl (C=O) groups excluding carboxylic acids is 2. The lowest BCUT2D eigenvalue weighted by atomic mass is 9.89. The monoisotopic (exact) mass is 555 g/mol. The molecular weight excluding hydrogens is 513 g/mol. The number of carbonyl (C=O) groups is 2. The number of ether oxygens (including phenoxy) is 2. The summed E-state index contributed by atoms with van der Waals surface area (Å²) in [5, 5.41) is 10.3. The number of nitrogens with one attached hydrogen (secondary N) is 2. The molecule has 2 aromatic heterocycles. The number of pyridine rings is 1. The van der Waals surface area contributed by atoms with Gasteiger partial charge in [-0.2, -0.15) is 9.49 Å². The second-order valence-electron chi connectivity index (χ2n) is 12.4. The van der Waals surface area contributed by atoms with Gasteiger partial charge in [0.2, 0.25) is 11.9 Å². The van der Waals surface area contributed by atoms with Gasteiger partial charge in [0, 0.05) is 23.4 Å². The van der Waals surface area contributed by atoms with Crippen LogP contribution in [0.25, 0.3) is 11.1 Å². The average Bonchev–Trinajstić information content (AvgIpc) is 3.83. The molecule has 3 heterocycles. The zero-order valence-electron chi connectivity index (χ0n) is 24.3. The first-order chi connectivity index (χ1) is 19.1. The highest BCUT2D eigenvalue weighted by molar-refractivity contribution is 5.96. The predicted molar refractivity (Wildman–Crippen MR) is 149 cm³/mol. The molecule has 0 bridgehead atoms. The van der Waals surface area contributed by atoms with Crippen LogP contribution in [0.2, 0.25) is 0 Å². The molecule has 0 spiro atoms. The van der Waals surface area contributed by atoms with E-state index >= 15 is 4.39 Å². The SMILES string of the molecule is CCc1c(-c2ccc(NC(=O)[C@@H](NC(=O)OC(C)(C)C)C(C3CC3)C3CC3)nc2F)c(C)nn1C1CCCCO1. The van der Waals surface area contributed by atoms with Gasteiger partial charge in [0.25, 0.3) is 0 Å². The van der Waals surface area contributed by atoms with Crippen LogP contribution in [-0.4, -0.2) is 45.0 Å². The van der Waals surface area contributed by atoms with Crippen molar-refractivity contribution in [3.63, 3.8) is 0 Å². The summed E-state index contributed by atoms with van der Waals surface area (Å²) < 4.78 is 28.8. The number of hydrogen-bond donors (Lipinski definition) is 2. The van der Waals surface area contributed by atoms with Crippen LogP contribution >= 0.6 is 0 Å². The van der Waals surface area contributed by atoms with Crippen LogP contribution in [-0.2, 0) is 20.7 Å². The molecule has 3 fully saturated rings. The van der Waals surface area contributed by atoms with Gasteiger partial charge in [0.05, 0.1) is 5.69 Å². The second kappa shape index (κ2) is 11.5. The number of nitrogens with zero attached hydrogens (tertiary/aromatic N) is 3. The molecule has 0 aromatic carbocycles. The van der Waals surface area contributed by atoms with Crippen molar-refractivity contribution < 1.29 is 23.5 Å². The summed E-state index contributed by atoms with van der Waals surface area (Å²) in [6.07, 6.45) is 7.04. The van der Waals surface area contributed by atoms with Crippen LogP contribution in [0.1, 0.15) is 90.3 Å². The average molecular weight is 556 g/mol. The molecule has 10 heteroatoms. The van der Waals surface area contributed by atoms with Gasteiger partial charge in [-0.05, 0) is 109 Å². The van der Waals surface area contributed by atoms with E-state index in [9.17, 15) is 9.59 Å². The van der Waals surface area contributed by atoms with E-state index in [1.54, 1.807) is 32.9 Å². The third-order valence-electron chi connectivity index (χ3n) is 7.99. The Balaban J connectivity index is 1.37. The highest BCUT2D eigenvalue weighted by atomic mass is 19.1. The highest BCUT2D eigenvalue weighted by Gasteiger charge is 2.48. The number of aryl methyl sites for hydroxylation is 1. The lowest BCUT2D eigenvalue weighted by Crippen LogP contribution is -2.51. The van der Waals surface area contributed by atoms with Gasteiger partial charge in [-0.1, -0.05) is 6.92 Å². The molecule has 1 unspecified atom stereocenters. The maximum atomic E-state index is 15.5. The topological polar surface area (TPSA) is 107 Å². The summed E-state index contributed by atoms with van der Waals surface area (Å²) in [5.41, 5.74) is 1.98. The van der Waals surface area contributed by atoms with Gasteiger partial charge in [-0.25, -0.2) is 14.5 Å². The fourth-order valence-corrected chi connectivity index (χ4v) is 6.00. The van der Waals surface area contributed by atoms with E-state index in [-0.39, 0.29) is 18.0 Å². The first kappa shape index (κ1) is 28.5. The van der Waals surface area contributed by atoms with Gasteiger partial charge in [-0.3, -0.25) is 4.79 Å². The van der Waals surface area contributed by atoms with Gasteiger partial charge in [0.1, 0.15) is 23.7 Å². The fraction of sp³-hybridized carbons (Fsp3) is 0.667. The first-order valence-corrected chi connectivity index (χ1v) is 14.7. The smallest absolute Gasteiger partial charge is 0.408 e. The molecule has 1 saturated heterocycles. The van der Waals surface area contributed by atoms with E-state index in [1.807, 2.05) is 18.5 Å². The summed E-state index contributed by atoms with van der Waals surface area (Å²) in [5.74, 6) is -0.166. The van der Waals surface area contributed by atoms with Gasteiger partial charge in [0.15, 0.2) is 0 Å². The molecule has 2 saturated carbocycles. The maximum Gasteiger partial charge on any atom is 0.408 e. The maximum absolute atomic E-state index is 15.5. The van der Waals surface area contributed by atoms with Crippen molar-refractivity contribution in [2.75, 3.05) is 11.9 Å². The number of amides is 2. The molecule has 9 nitrogen and oxygen atoms in total. The van der Waals surface area contributed by atoms with Crippen molar-refractivity contribution in [3.05, 3.63) is 29.5 Å². The molecule has 0 radical (unpaired) electrons. The van der Waals surface area contributed by atoms with Crippen molar-refractivity contribution in [1.82, 2.24) is 20.1 Å². The Hall–Kier alpha value is -3.01. The molecule has 2 aromatic rings. The minimum atomic E-state index is -0.776. The van der Waals surface area contributed by atoms with Gasteiger partial charge < -0.3 is 20.1 Å². The standard InChI is InChI=1S/C30H42FN5O4/c1-6-21-24(17(2)35-36(21)23-9-7-8-16-39-23)20-14-15-22(32-27(20)31)33-28(37)26(34-29(38)40-30(3,4)5)25(18-10-11-18)19-12-13-19/h14-15,18-19,23,25-26H,6-13,16H2,1-5H3,(H,34,38)(H,32,33,37)/t23?,26-/m0/s1. The summed E-state index contributed by atoms with van der Waals surface area (Å²) in [7, 11) is 0. The second-order valence-corrected chi connectivity index (χ2v) is 12.4. The van der Waals surface area contributed by atoms with Crippen molar-refractivity contribution in [2.45, 2.75) is 104 Å². The lowest BCUT2D eigenvalue weighted by Gasteiger charge is -2.29. The van der Waals surface area contributed by atoms with E-state index in [4.69, 9.17) is 14.6 Å². The quantitative estimate of drug-likeness (QED) is 0.372. The van der Waals surface area contributed by atoms with Crippen LogP contribution < -0.4 is 10.6 Å². The number of hydrogen-bond acceptors (Lipinski definition) is 6. The fourth-order valence-electron chi connectivity index (χ4n) is 6.00. The lowest BCUT2D eigenvalue weighted by molar-refractivity contribution is -0.120. The minimum absolute atomic E-state index is 0.0271. The zero-order chi connectivity index (χ0) is 28.6. The molecular formula is C30H42FN5O4. The Morgan fingerprint density at radius 3 is 2.40 bits per heavy atom. The molecule has 1 aliphatic heterocycles. The van der Waals surface area contributed by atoms with Crippen LogP contribution in [0.5, 0.6) is 0 Å². The number of anilines is 1. The van der Waals surface area contributed by atoms with Crippen molar-refractivity contribution >= 4 is 17.8 Å². The molecule has 218 valence electrons. The largest absolute Gasteiger partial charge is 0.444 e. The van der Waals surface area contributed by atoms with E-state index in [2.05, 4.69) is 15.6 Å². The number of aromatic nitrogens is 3. The predicted octanol–water partition coefficient (Wildman–Crippen LogP) is 5.92. The summed E-state index contributed by atoms with van der Waals surface area (Å²) >= 11 is 0. The molecule has 2 aliphatic carbocycles. The molecule has 2 atom stereocenters. The van der Waals surface area contributed by atoms with Crippen molar-refractivity contribution in [1.29, 1.82) is 0 Å². The highest BCUT2D eigenvalue weighted by Crippen LogP contribution is 2.51. The molecule has 2 amide bonds. The Morgan fingerprint density at radius 2 is 1.85 bits per heavy atom. The third-order valence-corrected chi connectivity index (χ3v) is 7.99. The third kappa shape index (κ3) is 6.48. The van der Waals surface area contributed by atoms with Crippen molar-refractivity contribution in [3.8, 4) is 11.1 Å². The number of rotatable bonds is 9. The summed E-state index contributed by atoms with van der Waals surface area (Å²) in [4.78, 5) is 30.3. The minimum Gasteiger partial charge on any atom is -0.444 e. The summed E-state index contributed by atoms with van der Waals surface area (Å²) in [6, 6.07) is 2.47. The van der Waals surface area contributed by atoms with Crippen LogP contribution in [0, 0.1) is 30.6 Å². The number of halogens is 1. The Bertz CT molecular complexity index is 1230. The Morgan fingerprint density at radius 1 is 1.15 bits per heavy atom. The van der Waals surface area contributed by atoms with Gasteiger partial charge >= 0.3 is 6.09 Å². The molecule has 3 aliphatic rings. The van der Waals surface area contributed by atoms with Crippen LogP contribution in [0.15, 0.2) is 12.1 Å². The molecule has 2 N–H and O–H groups in total. The molecule has 40 heavy (non-hydrogen) atoms. The van der Waals surface area contributed by atoms with Crippen molar-refractivity contribution in [2.24, 2.45) is 17.8 Å². The van der Waals surface area contributed by atoms with Gasteiger partial charge in [-0.15, -0.1) is 0 Å².